The standard InChI is InChI=1S/C21H18N2O3S/c1-2-26-17-13-11-16(12-14-17)23-20(25)18(19(24)22-21(23)27)10-6-9-15-7-4-3-5-8-15/h3-14H,2H2,1H3,(H,22,24,27)/b9-6+,18-10+. The van der Waals surface area contributed by atoms with Gasteiger partial charge in [0.1, 0.15) is 11.3 Å². The molecule has 2 aromatic carbocycles. The van der Waals surface area contributed by atoms with E-state index in [0.29, 0.717) is 18.0 Å². The predicted octanol–water partition coefficient (Wildman–Crippen LogP) is 3.47. The average Bonchev–Trinajstić information content (AvgIpc) is 2.66. The van der Waals surface area contributed by atoms with Crippen molar-refractivity contribution in [3.63, 3.8) is 0 Å². The van der Waals surface area contributed by atoms with Crippen LogP contribution in [0, 0.1) is 0 Å². The van der Waals surface area contributed by atoms with Gasteiger partial charge in [-0.2, -0.15) is 0 Å². The number of nitrogens with one attached hydrogen (secondary N) is 1. The number of hydrogen-bond acceptors (Lipinski definition) is 4. The van der Waals surface area contributed by atoms with Crippen LogP contribution < -0.4 is 15.0 Å². The Morgan fingerprint density at radius 2 is 1.78 bits per heavy atom. The highest BCUT2D eigenvalue weighted by Gasteiger charge is 2.34. The number of allylic oxidation sites excluding steroid dienone is 2. The summed E-state index contributed by atoms with van der Waals surface area (Å²) < 4.78 is 5.41. The minimum absolute atomic E-state index is 0.0182. The molecule has 1 saturated heterocycles. The minimum atomic E-state index is -0.509. The van der Waals surface area contributed by atoms with Crippen LogP contribution in [0.4, 0.5) is 5.69 Å². The third-order valence-corrected chi connectivity index (χ3v) is 4.14. The van der Waals surface area contributed by atoms with Crippen LogP contribution in [0.3, 0.4) is 0 Å². The maximum Gasteiger partial charge on any atom is 0.270 e. The van der Waals surface area contributed by atoms with Crippen LogP contribution >= 0.6 is 12.2 Å². The number of ether oxygens (including phenoxy) is 1. The SMILES string of the molecule is CCOc1ccc(N2C(=O)/C(=C/C=C/c3ccccc3)C(=O)NC2=S)cc1. The summed E-state index contributed by atoms with van der Waals surface area (Å²) in [5.41, 5.74) is 1.55. The van der Waals surface area contributed by atoms with Gasteiger partial charge in [-0.1, -0.05) is 42.5 Å². The largest absolute Gasteiger partial charge is 0.494 e. The van der Waals surface area contributed by atoms with Crippen LogP contribution in [-0.4, -0.2) is 23.5 Å². The Morgan fingerprint density at radius 3 is 2.44 bits per heavy atom. The van der Waals surface area contributed by atoms with Gasteiger partial charge in [-0.05, 0) is 55.0 Å². The number of hydrogen-bond donors (Lipinski definition) is 1. The quantitative estimate of drug-likeness (QED) is 0.492. The van der Waals surface area contributed by atoms with Crippen LogP contribution in [0.5, 0.6) is 5.75 Å². The molecule has 0 aromatic heterocycles. The zero-order valence-corrected chi connectivity index (χ0v) is 15.5. The fourth-order valence-electron chi connectivity index (χ4n) is 2.59. The van der Waals surface area contributed by atoms with E-state index in [2.05, 4.69) is 5.32 Å². The van der Waals surface area contributed by atoms with Crippen molar-refractivity contribution in [2.24, 2.45) is 0 Å². The molecule has 1 aliphatic heterocycles. The Kier molecular flexibility index (Phi) is 5.78. The number of amides is 2. The molecule has 0 saturated carbocycles. The number of benzene rings is 2. The molecule has 136 valence electrons. The van der Waals surface area contributed by atoms with Crippen molar-refractivity contribution >= 4 is 40.9 Å². The molecule has 2 amide bonds. The Hall–Kier alpha value is -3.25. The van der Waals surface area contributed by atoms with Crippen molar-refractivity contribution in [3.8, 4) is 5.75 Å². The Bertz CT molecular complexity index is 918. The van der Waals surface area contributed by atoms with Crippen LogP contribution in [-0.2, 0) is 9.59 Å². The second-order valence-corrected chi connectivity index (χ2v) is 6.06. The van der Waals surface area contributed by atoms with E-state index in [-0.39, 0.29) is 10.7 Å². The summed E-state index contributed by atoms with van der Waals surface area (Å²) in [5, 5.41) is 2.62. The first-order chi connectivity index (χ1) is 13.1. The van der Waals surface area contributed by atoms with E-state index >= 15 is 0 Å². The number of carbonyl (C=O) groups excluding carboxylic acids is 2. The van der Waals surface area contributed by atoms with Gasteiger partial charge in [0.05, 0.1) is 12.3 Å². The van der Waals surface area contributed by atoms with Gasteiger partial charge in [0.2, 0.25) is 0 Å². The highest BCUT2D eigenvalue weighted by Crippen LogP contribution is 2.23. The maximum absolute atomic E-state index is 12.8. The topological polar surface area (TPSA) is 58.6 Å². The van der Waals surface area contributed by atoms with Crippen LogP contribution in [0.2, 0.25) is 0 Å². The monoisotopic (exact) mass is 378 g/mol. The lowest BCUT2D eigenvalue weighted by molar-refractivity contribution is -0.122. The van der Waals surface area contributed by atoms with Crippen LogP contribution in [0.15, 0.2) is 72.3 Å². The highest BCUT2D eigenvalue weighted by molar-refractivity contribution is 7.80. The summed E-state index contributed by atoms with van der Waals surface area (Å²) in [7, 11) is 0. The Balaban J connectivity index is 1.85. The fraction of sp³-hybridized carbons (Fsp3) is 0.0952. The molecule has 0 unspecified atom stereocenters. The van der Waals surface area contributed by atoms with E-state index in [1.54, 1.807) is 30.3 Å². The predicted molar refractivity (Wildman–Crippen MR) is 109 cm³/mol. The highest BCUT2D eigenvalue weighted by atomic mass is 32.1. The van der Waals surface area contributed by atoms with Gasteiger partial charge in [-0.3, -0.25) is 19.8 Å². The lowest BCUT2D eigenvalue weighted by Crippen LogP contribution is -2.54. The summed E-state index contributed by atoms with van der Waals surface area (Å²) >= 11 is 5.19. The molecule has 2 aromatic rings. The van der Waals surface area contributed by atoms with E-state index in [1.807, 2.05) is 43.3 Å². The first kappa shape index (κ1) is 18.5. The van der Waals surface area contributed by atoms with E-state index in [4.69, 9.17) is 17.0 Å². The summed E-state index contributed by atoms with van der Waals surface area (Å²) in [6, 6.07) is 16.6. The van der Waals surface area contributed by atoms with Gasteiger partial charge in [0.15, 0.2) is 5.11 Å². The van der Waals surface area contributed by atoms with E-state index < -0.39 is 11.8 Å². The third kappa shape index (κ3) is 4.30. The third-order valence-electron chi connectivity index (χ3n) is 3.86. The summed E-state index contributed by atoms with van der Waals surface area (Å²) in [5.74, 6) is -0.280. The first-order valence-corrected chi connectivity index (χ1v) is 8.87. The molecule has 1 heterocycles. The number of thiocarbonyl (C=S) groups is 1. The number of carbonyl (C=O) groups is 2. The molecule has 1 aliphatic rings. The second-order valence-electron chi connectivity index (χ2n) is 5.68. The number of anilines is 1. The minimum Gasteiger partial charge on any atom is -0.494 e. The molecule has 5 nitrogen and oxygen atoms in total. The number of nitrogens with zero attached hydrogens (tertiary/aromatic N) is 1. The molecule has 3 rings (SSSR count). The molecule has 0 aliphatic carbocycles. The Labute approximate surface area is 162 Å². The molecule has 0 atom stereocenters. The molecule has 0 radical (unpaired) electrons. The van der Waals surface area contributed by atoms with Gasteiger partial charge in [0.25, 0.3) is 11.8 Å². The average molecular weight is 378 g/mol. The van der Waals surface area contributed by atoms with Crippen LogP contribution in [0.25, 0.3) is 6.08 Å². The van der Waals surface area contributed by atoms with Gasteiger partial charge in [-0.25, -0.2) is 0 Å². The lowest BCUT2D eigenvalue weighted by Gasteiger charge is -2.28. The second kappa shape index (κ2) is 8.42. The zero-order valence-electron chi connectivity index (χ0n) is 14.7. The van der Waals surface area contributed by atoms with Crippen molar-refractivity contribution in [1.82, 2.24) is 5.32 Å². The van der Waals surface area contributed by atoms with Crippen molar-refractivity contribution in [2.75, 3.05) is 11.5 Å². The normalized spacial score (nSPS) is 16.1. The summed E-state index contributed by atoms with van der Waals surface area (Å²) in [6.45, 7) is 2.45. The molecule has 6 heteroatoms. The maximum atomic E-state index is 12.8. The lowest BCUT2D eigenvalue weighted by atomic mass is 10.1. The molecule has 0 spiro atoms. The first-order valence-electron chi connectivity index (χ1n) is 8.46. The summed E-state index contributed by atoms with van der Waals surface area (Å²) in [6.07, 6.45) is 4.99. The molecule has 1 fully saturated rings. The molecule has 27 heavy (non-hydrogen) atoms. The molecular formula is C21H18N2O3S. The van der Waals surface area contributed by atoms with Crippen molar-refractivity contribution < 1.29 is 14.3 Å². The smallest absolute Gasteiger partial charge is 0.270 e. The number of rotatable bonds is 5. The van der Waals surface area contributed by atoms with E-state index in [9.17, 15) is 9.59 Å². The van der Waals surface area contributed by atoms with Gasteiger partial charge in [0, 0.05) is 0 Å². The van der Waals surface area contributed by atoms with Gasteiger partial charge in [-0.15, -0.1) is 0 Å². The Morgan fingerprint density at radius 1 is 1.07 bits per heavy atom. The van der Waals surface area contributed by atoms with Crippen molar-refractivity contribution in [2.45, 2.75) is 6.92 Å². The van der Waals surface area contributed by atoms with Crippen LogP contribution in [0.1, 0.15) is 12.5 Å². The van der Waals surface area contributed by atoms with E-state index in [1.165, 1.54) is 11.0 Å². The van der Waals surface area contributed by atoms with Gasteiger partial charge < -0.3 is 4.74 Å². The molecule has 0 bridgehead atoms. The van der Waals surface area contributed by atoms with Crippen molar-refractivity contribution in [3.05, 3.63) is 77.9 Å². The van der Waals surface area contributed by atoms with Crippen molar-refractivity contribution in [1.29, 1.82) is 0 Å². The zero-order chi connectivity index (χ0) is 19.2. The molecular weight excluding hydrogens is 360 g/mol. The van der Waals surface area contributed by atoms with Gasteiger partial charge >= 0.3 is 0 Å². The summed E-state index contributed by atoms with van der Waals surface area (Å²) in [4.78, 5) is 26.3. The van der Waals surface area contributed by atoms with E-state index in [0.717, 1.165) is 5.56 Å². The molecule has 1 N–H and O–H groups in total. The fourth-order valence-corrected chi connectivity index (χ4v) is 2.87.